The van der Waals surface area contributed by atoms with Crippen molar-refractivity contribution in [1.82, 2.24) is 9.97 Å². The molecule has 3 aromatic rings. The van der Waals surface area contributed by atoms with E-state index in [1.54, 1.807) is 12.4 Å². The first-order valence-electron chi connectivity index (χ1n) is 5.95. The summed E-state index contributed by atoms with van der Waals surface area (Å²) < 4.78 is 1.21. The maximum Gasteiger partial charge on any atom is 0.0346 e. The molecule has 0 amide bonds. The lowest BCUT2D eigenvalue weighted by Crippen LogP contribution is -1.86. The molecular weight excluding hydrogens is 347 g/mol. The van der Waals surface area contributed by atoms with Crippen molar-refractivity contribution in [3.63, 3.8) is 0 Å². The quantitative estimate of drug-likeness (QED) is 0.634. The molecular formula is C16H11IN2. The number of nitrogens with zero attached hydrogens (tertiary/aromatic N) is 2. The molecule has 1 aromatic carbocycles. The zero-order valence-corrected chi connectivity index (χ0v) is 12.3. The fraction of sp³-hybridized carbons (Fsp3) is 0. The zero-order valence-electron chi connectivity index (χ0n) is 10.1. The molecule has 0 aliphatic heterocycles. The SMILES string of the molecule is Ic1cc(-c2cccnc2)ccc1-c1cccnc1. The van der Waals surface area contributed by atoms with E-state index in [0.717, 1.165) is 11.1 Å². The van der Waals surface area contributed by atoms with E-state index in [2.05, 4.69) is 62.9 Å². The highest BCUT2D eigenvalue weighted by Gasteiger charge is 2.05. The van der Waals surface area contributed by atoms with Gasteiger partial charge >= 0.3 is 0 Å². The summed E-state index contributed by atoms with van der Waals surface area (Å²) in [5, 5.41) is 0. The van der Waals surface area contributed by atoms with E-state index in [1.807, 2.05) is 24.5 Å². The van der Waals surface area contributed by atoms with E-state index < -0.39 is 0 Å². The summed E-state index contributed by atoms with van der Waals surface area (Å²) in [7, 11) is 0. The Morgan fingerprint density at radius 2 is 1.42 bits per heavy atom. The standard InChI is InChI=1S/C16H11IN2/c17-16-9-12(13-3-1-7-18-10-13)5-6-15(16)14-4-2-8-19-11-14/h1-11H. The Hall–Kier alpha value is -1.75. The van der Waals surface area contributed by atoms with Gasteiger partial charge in [0.2, 0.25) is 0 Å². The lowest BCUT2D eigenvalue weighted by Gasteiger charge is -2.07. The van der Waals surface area contributed by atoms with Crippen molar-refractivity contribution >= 4 is 22.6 Å². The molecule has 19 heavy (non-hydrogen) atoms. The Balaban J connectivity index is 2.04. The normalized spacial score (nSPS) is 10.4. The zero-order chi connectivity index (χ0) is 13.1. The van der Waals surface area contributed by atoms with Gasteiger partial charge in [-0.05, 0) is 51.9 Å². The summed E-state index contributed by atoms with van der Waals surface area (Å²) in [6.07, 6.45) is 7.36. The van der Waals surface area contributed by atoms with Crippen molar-refractivity contribution in [3.05, 3.63) is 70.8 Å². The van der Waals surface area contributed by atoms with Crippen molar-refractivity contribution in [1.29, 1.82) is 0 Å². The van der Waals surface area contributed by atoms with Gasteiger partial charge in [0.15, 0.2) is 0 Å². The molecule has 0 bridgehead atoms. The third kappa shape index (κ3) is 2.66. The molecule has 0 saturated carbocycles. The van der Waals surface area contributed by atoms with E-state index in [4.69, 9.17) is 0 Å². The maximum atomic E-state index is 4.17. The summed E-state index contributed by atoms with van der Waals surface area (Å²) in [5.41, 5.74) is 4.68. The molecule has 0 spiro atoms. The van der Waals surface area contributed by atoms with E-state index >= 15 is 0 Å². The Labute approximate surface area is 125 Å². The van der Waals surface area contributed by atoms with E-state index in [-0.39, 0.29) is 0 Å². The third-order valence-electron chi connectivity index (χ3n) is 2.94. The first-order valence-corrected chi connectivity index (χ1v) is 7.03. The first kappa shape index (κ1) is 12.3. The van der Waals surface area contributed by atoms with Crippen LogP contribution in [0.4, 0.5) is 0 Å². The molecule has 0 aliphatic rings. The minimum Gasteiger partial charge on any atom is -0.264 e. The molecule has 0 radical (unpaired) electrons. The number of hydrogen-bond donors (Lipinski definition) is 0. The second-order valence-electron chi connectivity index (χ2n) is 4.18. The van der Waals surface area contributed by atoms with Crippen LogP contribution in [0.2, 0.25) is 0 Å². The van der Waals surface area contributed by atoms with Gasteiger partial charge in [-0.2, -0.15) is 0 Å². The van der Waals surface area contributed by atoms with Gasteiger partial charge in [-0.25, -0.2) is 0 Å². The van der Waals surface area contributed by atoms with Crippen LogP contribution in [-0.4, -0.2) is 9.97 Å². The van der Waals surface area contributed by atoms with Gasteiger partial charge in [0.1, 0.15) is 0 Å². The van der Waals surface area contributed by atoms with Crippen molar-refractivity contribution in [2.45, 2.75) is 0 Å². The van der Waals surface area contributed by atoms with Gasteiger partial charge in [-0.3, -0.25) is 9.97 Å². The predicted molar refractivity (Wildman–Crippen MR) is 85.6 cm³/mol. The van der Waals surface area contributed by atoms with Crippen molar-refractivity contribution in [3.8, 4) is 22.3 Å². The second kappa shape index (κ2) is 5.48. The molecule has 0 N–H and O–H groups in total. The molecule has 2 aromatic heterocycles. The third-order valence-corrected chi connectivity index (χ3v) is 3.83. The summed E-state index contributed by atoms with van der Waals surface area (Å²) in [5.74, 6) is 0. The van der Waals surface area contributed by atoms with E-state index in [1.165, 1.54) is 14.7 Å². The Morgan fingerprint density at radius 3 is 2.00 bits per heavy atom. The van der Waals surface area contributed by atoms with Gasteiger partial charge in [-0.15, -0.1) is 0 Å². The number of pyridine rings is 2. The highest BCUT2D eigenvalue weighted by Crippen LogP contribution is 2.29. The largest absolute Gasteiger partial charge is 0.264 e. The Kier molecular flexibility index (Phi) is 3.55. The minimum absolute atomic E-state index is 1.14. The van der Waals surface area contributed by atoms with Gasteiger partial charge in [-0.1, -0.05) is 24.3 Å². The summed E-state index contributed by atoms with van der Waals surface area (Å²) in [6.45, 7) is 0. The van der Waals surface area contributed by atoms with Crippen LogP contribution < -0.4 is 0 Å². The Morgan fingerprint density at radius 1 is 0.737 bits per heavy atom. The summed E-state index contributed by atoms with van der Waals surface area (Å²) in [4.78, 5) is 8.33. The molecule has 3 rings (SSSR count). The average molecular weight is 358 g/mol. The fourth-order valence-corrected chi connectivity index (χ4v) is 2.81. The molecule has 3 heteroatoms. The Bertz CT molecular complexity index is 682. The van der Waals surface area contributed by atoms with Crippen LogP contribution in [0.5, 0.6) is 0 Å². The number of halogens is 1. The number of aromatic nitrogens is 2. The lowest BCUT2D eigenvalue weighted by molar-refractivity contribution is 1.32. The van der Waals surface area contributed by atoms with Crippen LogP contribution in [0, 0.1) is 3.57 Å². The monoisotopic (exact) mass is 358 g/mol. The molecule has 0 atom stereocenters. The van der Waals surface area contributed by atoms with Crippen LogP contribution in [0.15, 0.2) is 67.3 Å². The van der Waals surface area contributed by atoms with Crippen LogP contribution in [0.3, 0.4) is 0 Å². The van der Waals surface area contributed by atoms with Crippen LogP contribution in [0.25, 0.3) is 22.3 Å². The number of hydrogen-bond acceptors (Lipinski definition) is 2. The van der Waals surface area contributed by atoms with Crippen molar-refractivity contribution in [2.75, 3.05) is 0 Å². The van der Waals surface area contributed by atoms with Gasteiger partial charge in [0, 0.05) is 39.5 Å². The highest BCUT2D eigenvalue weighted by molar-refractivity contribution is 14.1. The minimum atomic E-state index is 1.14. The predicted octanol–water partition coefficient (Wildman–Crippen LogP) is 4.42. The summed E-state index contributed by atoms with van der Waals surface area (Å²) >= 11 is 2.37. The van der Waals surface area contributed by atoms with Gasteiger partial charge < -0.3 is 0 Å². The highest BCUT2D eigenvalue weighted by atomic mass is 127. The van der Waals surface area contributed by atoms with E-state index in [9.17, 15) is 0 Å². The molecule has 2 nitrogen and oxygen atoms in total. The van der Waals surface area contributed by atoms with Crippen LogP contribution in [-0.2, 0) is 0 Å². The molecule has 0 saturated heterocycles. The van der Waals surface area contributed by atoms with E-state index in [0.29, 0.717) is 0 Å². The number of rotatable bonds is 2. The lowest BCUT2D eigenvalue weighted by atomic mass is 10.0. The fourth-order valence-electron chi connectivity index (χ4n) is 1.98. The summed E-state index contributed by atoms with van der Waals surface area (Å²) in [6, 6.07) is 14.5. The molecule has 2 heterocycles. The van der Waals surface area contributed by atoms with Crippen molar-refractivity contribution in [2.24, 2.45) is 0 Å². The maximum absolute atomic E-state index is 4.17. The van der Waals surface area contributed by atoms with Crippen molar-refractivity contribution < 1.29 is 0 Å². The first-order chi connectivity index (χ1) is 9.34. The van der Waals surface area contributed by atoms with Crippen LogP contribution >= 0.6 is 22.6 Å². The van der Waals surface area contributed by atoms with Gasteiger partial charge in [0.05, 0.1) is 0 Å². The smallest absolute Gasteiger partial charge is 0.0346 e. The number of benzene rings is 1. The average Bonchev–Trinajstić information content (AvgIpc) is 2.49. The molecule has 0 aliphatic carbocycles. The molecule has 0 fully saturated rings. The van der Waals surface area contributed by atoms with Gasteiger partial charge in [0.25, 0.3) is 0 Å². The molecule has 92 valence electrons. The second-order valence-corrected chi connectivity index (χ2v) is 5.34. The molecule has 0 unspecified atom stereocenters. The van der Waals surface area contributed by atoms with Crippen LogP contribution in [0.1, 0.15) is 0 Å². The topological polar surface area (TPSA) is 25.8 Å².